The first-order valence-electron chi connectivity index (χ1n) is 7.88. The van der Waals surface area contributed by atoms with Gasteiger partial charge in [0.2, 0.25) is 0 Å². The number of piperazine rings is 1. The normalized spacial score (nSPS) is 17.9. The number of amides is 2. The van der Waals surface area contributed by atoms with Crippen LogP contribution < -0.4 is 0 Å². The first-order valence-corrected chi connectivity index (χ1v) is 7.88. The zero-order valence-corrected chi connectivity index (χ0v) is 14.0. The van der Waals surface area contributed by atoms with Crippen LogP contribution in [0.5, 0.6) is 0 Å². The molecule has 8 heteroatoms. The molecule has 8 nitrogen and oxygen atoms in total. The van der Waals surface area contributed by atoms with Gasteiger partial charge in [-0.25, -0.2) is 0 Å². The Kier molecular flexibility index (Phi) is 4.28. The molecule has 0 saturated carbocycles. The lowest BCUT2D eigenvalue weighted by atomic mass is 10.1. The molecule has 0 unspecified atom stereocenters. The van der Waals surface area contributed by atoms with Crippen molar-refractivity contribution in [2.45, 2.75) is 26.8 Å². The number of hydrogen-bond donors (Lipinski definition) is 1. The maximum Gasteiger partial charge on any atom is 0.274 e. The number of H-pyrrole nitrogens is 1. The molecule has 2 aromatic heterocycles. The van der Waals surface area contributed by atoms with Crippen LogP contribution in [-0.2, 0) is 0 Å². The largest absolute Gasteiger partial charge is 0.333 e. The van der Waals surface area contributed by atoms with Gasteiger partial charge in [-0.05, 0) is 32.9 Å². The van der Waals surface area contributed by atoms with Crippen LogP contribution in [0.15, 0.2) is 18.3 Å². The highest BCUT2D eigenvalue weighted by Gasteiger charge is 2.32. The monoisotopic (exact) mass is 328 g/mol. The minimum atomic E-state index is -0.111. The van der Waals surface area contributed by atoms with Crippen LogP contribution in [-0.4, -0.2) is 67.7 Å². The van der Waals surface area contributed by atoms with E-state index in [4.69, 9.17) is 0 Å². The van der Waals surface area contributed by atoms with E-state index in [0.29, 0.717) is 36.6 Å². The van der Waals surface area contributed by atoms with Gasteiger partial charge >= 0.3 is 0 Å². The predicted octanol–water partition coefficient (Wildman–Crippen LogP) is 0.803. The predicted molar refractivity (Wildman–Crippen MR) is 86.5 cm³/mol. The van der Waals surface area contributed by atoms with Gasteiger partial charge in [0, 0.05) is 31.4 Å². The molecule has 1 atom stereocenters. The van der Waals surface area contributed by atoms with Crippen molar-refractivity contribution in [2.24, 2.45) is 0 Å². The summed E-state index contributed by atoms with van der Waals surface area (Å²) >= 11 is 0. The van der Waals surface area contributed by atoms with Crippen LogP contribution in [0.3, 0.4) is 0 Å². The first-order chi connectivity index (χ1) is 11.5. The summed E-state index contributed by atoms with van der Waals surface area (Å²) in [5.41, 5.74) is 2.43. The Morgan fingerprint density at radius 3 is 2.67 bits per heavy atom. The van der Waals surface area contributed by atoms with Crippen molar-refractivity contribution in [1.29, 1.82) is 0 Å². The van der Waals surface area contributed by atoms with Gasteiger partial charge < -0.3 is 9.80 Å². The Balaban J connectivity index is 1.70. The van der Waals surface area contributed by atoms with Crippen molar-refractivity contribution in [1.82, 2.24) is 30.2 Å². The third-order valence-electron chi connectivity index (χ3n) is 4.24. The smallest absolute Gasteiger partial charge is 0.274 e. The highest BCUT2D eigenvalue weighted by Crippen LogP contribution is 2.16. The van der Waals surface area contributed by atoms with E-state index < -0.39 is 0 Å². The fourth-order valence-electron chi connectivity index (χ4n) is 2.92. The molecule has 24 heavy (non-hydrogen) atoms. The number of aromatic nitrogens is 4. The van der Waals surface area contributed by atoms with Gasteiger partial charge in [-0.3, -0.25) is 14.7 Å². The summed E-state index contributed by atoms with van der Waals surface area (Å²) in [5.74, 6) is -0.183. The van der Waals surface area contributed by atoms with Crippen molar-refractivity contribution < 1.29 is 9.59 Å². The quantitative estimate of drug-likeness (QED) is 0.880. The van der Waals surface area contributed by atoms with E-state index in [1.165, 1.54) is 6.20 Å². The summed E-state index contributed by atoms with van der Waals surface area (Å²) in [6.07, 6.45) is 1.52. The number of carbonyl (C=O) groups excluding carboxylic acids is 2. The van der Waals surface area contributed by atoms with Crippen molar-refractivity contribution in [2.75, 3.05) is 19.6 Å². The molecule has 1 fully saturated rings. The lowest BCUT2D eigenvalue weighted by Gasteiger charge is -2.39. The fraction of sp³-hybridized carbons (Fsp3) is 0.438. The third kappa shape index (κ3) is 2.99. The molecule has 1 aliphatic heterocycles. The van der Waals surface area contributed by atoms with Gasteiger partial charge in [0.05, 0.1) is 17.5 Å². The number of carbonyl (C=O) groups is 2. The Morgan fingerprint density at radius 2 is 2.04 bits per heavy atom. The van der Waals surface area contributed by atoms with E-state index in [1.54, 1.807) is 28.9 Å². The van der Waals surface area contributed by atoms with Gasteiger partial charge in [-0.15, -0.1) is 0 Å². The summed E-state index contributed by atoms with van der Waals surface area (Å²) in [4.78, 5) is 28.7. The van der Waals surface area contributed by atoms with E-state index in [2.05, 4.69) is 20.4 Å². The molecule has 1 saturated heterocycles. The third-order valence-corrected chi connectivity index (χ3v) is 4.24. The van der Waals surface area contributed by atoms with E-state index in [0.717, 1.165) is 5.69 Å². The summed E-state index contributed by atoms with van der Waals surface area (Å²) in [5, 5.41) is 14.5. The molecule has 1 aliphatic rings. The lowest BCUT2D eigenvalue weighted by Crippen LogP contribution is -2.55. The van der Waals surface area contributed by atoms with Gasteiger partial charge in [0.1, 0.15) is 5.69 Å². The topological polar surface area (TPSA) is 95.1 Å². The maximum atomic E-state index is 12.7. The molecule has 2 amide bonds. The van der Waals surface area contributed by atoms with Gasteiger partial charge in [-0.1, -0.05) is 0 Å². The Hall–Kier alpha value is -2.77. The van der Waals surface area contributed by atoms with Crippen LogP contribution in [0.4, 0.5) is 0 Å². The molecular formula is C16H20N6O2. The SMILES string of the molecule is Cc1cc(C(=O)N2CCN(C(=O)c3ccnnc3C)[C@H](C)C2)n[nH]1. The Morgan fingerprint density at radius 1 is 1.25 bits per heavy atom. The molecule has 1 N–H and O–H groups in total. The highest BCUT2D eigenvalue weighted by molar-refractivity contribution is 5.96. The number of nitrogens with zero attached hydrogens (tertiary/aromatic N) is 5. The van der Waals surface area contributed by atoms with Gasteiger partial charge in [0.25, 0.3) is 11.8 Å². The molecule has 3 rings (SSSR count). The summed E-state index contributed by atoms with van der Waals surface area (Å²) < 4.78 is 0. The van der Waals surface area contributed by atoms with Gasteiger partial charge in [0.15, 0.2) is 0 Å². The van der Waals surface area contributed by atoms with E-state index in [9.17, 15) is 9.59 Å². The van der Waals surface area contributed by atoms with Crippen molar-refractivity contribution in [3.05, 3.63) is 41.0 Å². The number of aryl methyl sites for hydroxylation is 2. The second kappa shape index (κ2) is 6.38. The van der Waals surface area contributed by atoms with Crippen LogP contribution in [0.1, 0.15) is 39.2 Å². The molecule has 0 aliphatic carbocycles. The second-order valence-electron chi connectivity index (χ2n) is 6.07. The molecule has 2 aromatic rings. The zero-order valence-electron chi connectivity index (χ0n) is 14.0. The van der Waals surface area contributed by atoms with Crippen LogP contribution >= 0.6 is 0 Å². The Bertz CT molecular complexity index is 771. The summed E-state index contributed by atoms with van der Waals surface area (Å²) in [7, 11) is 0. The second-order valence-corrected chi connectivity index (χ2v) is 6.07. The lowest BCUT2D eigenvalue weighted by molar-refractivity contribution is 0.0410. The zero-order chi connectivity index (χ0) is 17.3. The molecular weight excluding hydrogens is 308 g/mol. The Labute approximate surface area is 139 Å². The van der Waals surface area contributed by atoms with Gasteiger partial charge in [-0.2, -0.15) is 15.3 Å². The van der Waals surface area contributed by atoms with E-state index in [-0.39, 0.29) is 17.9 Å². The van der Waals surface area contributed by atoms with E-state index in [1.807, 2.05) is 13.8 Å². The molecule has 0 spiro atoms. The molecule has 3 heterocycles. The maximum absolute atomic E-state index is 12.7. The summed E-state index contributed by atoms with van der Waals surface area (Å²) in [6, 6.07) is 3.33. The number of hydrogen-bond acceptors (Lipinski definition) is 5. The van der Waals surface area contributed by atoms with Crippen molar-refractivity contribution in [3.63, 3.8) is 0 Å². The fourth-order valence-corrected chi connectivity index (χ4v) is 2.92. The van der Waals surface area contributed by atoms with E-state index >= 15 is 0 Å². The number of rotatable bonds is 2. The molecule has 0 aromatic carbocycles. The highest BCUT2D eigenvalue weighted by atomic mass is 16.2. The first kappa shape index (κ1) is 16.1. The minimum Gasteiger partial charge on any atom is -0.333 e. The van der Waals surface area contributed by atoms with Crippen LogP contribution in [0, 0.1) is 13.8 Å². The minimum absolute atomic E-state index is 0.0717. The average molecular weight is 328 g/mol. The summed E-state index contributed by atoms with van der Waals surface area (Å²) in [6.45, 7) is 7.01. The molecule has 0 radical (unpaired) electrons. The molecule has 0 bridgehead atoms. The van der Waals surface area contributed by atoms with Crippen LogP contribution in [0.2, 0.25) is 0 Å². The van der Waals surface area contributed by atoms with Crippen molar-refractivity contribution in [3.8, 4) is 0 Å². The molecule has 126 valence electrons. The van der Waals surface area contributed by atoms with Crippen LogP contribution in [0.25, 0.3) is 0 Å². The number of aromatic amines is 1. The van der Waals surface area contributed by atoms with Crippen molar-refractivity contribution >= 4 is 11.8 Å². The standard InChI is InChI=1S/C16H20N6O2/c1-10-8-14(20-18-10)16(24)21-6-7-22(11(2)9-21)15(23)13-4-5-17-19-12(13)3/h4-5,8,11H,6-7,9H2,1-3H3,(H,18,20)/t11-/m1/s1. The average Bonchev–Trinajstić information content (AvgIpc) is 3.00. The number of nitrogens with one attached hydrogen (secondary N) is 1.